The number of hydrogen-bond donors (Lipinski definition) is 1. The van der Waals surface area contributed by atoms with Crippen molar-refractivity contribution >= 4 is 5.91 Å². The lowest BCUT2D eigenvalue weighted by atomic mass is 10.0. The van der Waals surface area contributed by atoms with E-state index in [1.165, 1.54) is 0 Å². The fourth-order valence-corrected chi connectivity index (χ4v) is 1.50. The van der Waals surface area contributed by atoms with E-state index in [0.29, 0.717) is 18.4 Å². The Hall–Kier alpha value is -1.86. The fourth-order valence-electron chi connectivity index (χ4n) is 1.50. The average molecular weight is 231 g/mol. The van der Waals surface area contributed by atoms with Gasteiger partial charge in [-0.1, -0.05) is 12.1 Å². The first-order valence-electron chi connectivity index (χ1n) is 5.47. The van der Waals surface area contributed by atoms with Gasteiger partial charge in [0.05, 0.1) is 11.6 Å². The molecule has 0 aromatic heterocycles. The van der Waals surface area contributed by atoms with Crippen molar-refractivity contribution in [1.82, 2.24) is 4.90 Å². The third-order valence-electron chi connectivity index (χ3n) is 2.52. The molecule has 0 saturated carbocycles. The second kappa shape index (κ2) is 6.02. The van der Waals surface area contributed by atoms with E-state index in [1.54, 1.807) is 31.1 Å². The normalized spacial score (nSPS) is 11.6. The largest absolute Gasteiger partial charge is 0.349 e. The molecule has 17 heavy (non-hydrogen) atoms. The summed E-state index contributed by atoms with van der Waals surface area (Å²) in [5.74, 6) is 0.0335. The molecule has 90 valence electrons. The summed E-state index contributed by atoms with van der Waals surface area (Å²) < 4.78 is 0. The summed E-state index contributed by atoms with van der Waals surface area (Å²) in [7, 11) is 3.44. The molecule has 1 atom stereocenters. The molecular formula is C13H17N3O. The highest BCUT2D eigenvalue weighted by molar-refractivity contribution is 5.76. The number of amides is 1. The molecule has 0 radical (unpaired) electrons. The van der Waals surface area contributed by atoms with Crippen molar-refractivity contribution in [2.24, 2.45) is 5.73 Å². The highest BCUT2D eigenvalue weighted by atomic mass is 16.2. The van der Waals surface area contributed by atoms with Gasteiger partial charge in [-0.15, -0.1) is 0 Å². The van der Waals surface area contributed by atoms with Gasteiger partial charge in [0, 0.05) is 26.6 Å². The monoisotopic (exact) mass is 231 g/mol. The Labute approximate surface area is 102 Å². The first-order chi connectivity index (χ1) is 8.02. The Bertz CT molecular complexity index is 417. The quantitative estimate of drug-likeness (QED) is 0.837. The molecule has 0 fully saturated rings. The topological polar surface area (TPSA) is 70.1 Å². The third-order valence-corrected chi connectivity index (χ3v) is 2.52. The number of nitrogens with two attached hydrogens (primary N) is 1. The van der Waals surface area contributed by atoms with Gasteiger partial charge in [-0.25, -0.2) is 0 Å². The SMILES string of the molecule is CN(C)C(=O)C[C@H](N)Cc1ccc(C#N)cc1. The lowest BCUT2D eigenvalue weighted by Crippen LogP contribution is -2.32. The van der Waals surface area contributed by atoms with Gasteiger partial charge in [-0.2, -0.15) is 5.26 Å². The lowest BCUT2D eigenvalue weighted by Gasteiger charge is -2.15. The van der Waals surface area contributed by atoms with Gasteiger partial charge >= 0.3 is 0 Å². The van der Waals surface area contributed by atoms with Gasteiger partial charge in [-0.3, -0.25) is 4.79 Å². The number of nitriles is 1. The van der Waals surface area contributed by atoms with Gasteiger partial charge < -0.3 is 10.6 Å². The van der Waals surface area contributed by atoms with Crippen molar-refractivity contribution in [2.45, 2.75) is 18.9 Å². The van der Waals surface area contributed by atoms with E-state index in [9.17, 15) is 4.79 Å². The summed E-state index contributed by atoms with van der Waals surface area (Å²) >= 11 is 0. The zero-order valence-electron chi connectivity index (χ0n) is 10.2. The first kappa shape index (κ1) is 13.2. The standard InChI is InChI=1S/C13H17N3O/c1-16(2)13(17)8-12(15)7-10-3-5-11(9-14)6-4-10/h3-6,12H,7-8,15H2,1-2H3/t12-/m1/s1. The van der Waals surface area contributed by atoms with Crippen LogP contribution in [0.4, 0.5) is 0 Å². The molecule has 2 N–H and O–H groups in total. The number of nitrogens with zero attached hydrogens (tertiary/aromatic N) is 2. The van der Waals surface area contributed by atoms with Crippen molar-refractivity contribution < 1.29 is 4.79 Å². The van der Waals surface area contributed by atoms with E-state index in [2.05, 4.69) is 6.07 Å². The van der Waals surface area contributed by atoms with Crippen LogP contribution in [0.5, 0.6) is 0 Å². The van der Waals surface area contributed by atoms with E-state index in [-0.39, 0.29) is 11.9 Å². The molecule has 1 amide bonds. The highest BCUT2D eigenvalue weighted by Gasteiger charge is 2.11. The molecule has 4 heteroatoms. The molecule has 1 aromatic carbocycles. The maximum atomic E-state index is 11.4. The van der Waals surface area contributed by atoms with Crippen LogP contribution in [0.2, 0.25) is 0 Å². The molecule has 0 unspecified atom stereocenters. The van der Waals surface area contributed by atoms with Gasteiger partial charge in [0.1, 0.15) is 0 Å². The number of rotatable bonds is 4. The summed E-state index contributed by atoms with van der Waals surface area (Å²) in [5.41, 5.74) is 7.58. The molecule has 4 nitrogen and oxygen atoms in total. The van der Waals surface area contributed by atoms with Crippen molar-refractivity contribution in [3.8, 4) is 6.07 Å². The molecule has 0 aliphatic rings. The van der Waals surface area contributed by atoms with Gasteiger partial charge in [0.2, 0.25) is 5.91 Å². The third kappa shape index (κ3) is 4.25. The molecule has 0 spiro atoms. The minimum absolute atomic E-state index is 0.0335. The van der Waals surface area contributed by atoms with E-state index >= 15 is 0 Å². The van der Waals surface area contributed by atoms with Crippen molar-refractivity contribution in [3.05, 3.63) is 35.4 Å². The Morgan fingerprint density at radius 3 is 2.47 bits per heavy atom. The van der Waals surface area contributed by atoms with E-state index in [4.69, 9.17) is 11.0 Å². The van der Waals surface area contributed by atoms with E-state index in [0.717, 1.165) is 5.56 Å². The van der Waals surface area contributed by atoms with Crippen LogP contribution in [-0.4, -0.2) is 30.9 Å². The molecular weight excluding hydrogens is 214 g/mol. The first-order valence-corrected chi connectivity index (χ1v) is 5.47. The molecule has 0 aliphatic heterocycles. The van der Waals surface area contributed by atoms with Gasteiger partial charge in [-0.05, 0) is 24.1 Å². The van der Waals surface area contributed by atoms with Crippen molar-refractivity contribution in [1.29, 1.82) is 5.26 Å². The lowest BCUT2D eigenvalue weighted by molar-refractivity contribution is -0.129. The Kier molecular flexibility index (Phi) is 4.68. The van der Waals surface area contributed by atoms with Crippen LogP contribution in [0.1, 0.15) is 17.5 Å². The minimum Gasteiger partial charge on any atom is -0.349 e. The second-order valence-electron chi connectivity index (χ2n) is 4.27. The van der Waals surface area contributed by atoms with Crippen LogP contribution in [0, 0.1) is 11.3 Å². The molecule has 0 heterocycles. The molecule has 0 aliphatic carbocycles. The van der Waals surface area contributed by atoms with Crippen LogP contribution >= 0.6 is 0 Å². The van der Waals surface area contributed by atoms with Crippen molar-refractivity contribution in [2.75, 3.05) is 14.1 Å². The Morgan fingerprint density at radius 2 is 2.00 bits per heavy atom. The van der Waals surface area contributed by atoms with Crippen LogP contribution in [0.3, 0.4) is 0 Å². The summed E-state index contributed by atoms with van der Waals surface area (Å²) in [5, 5.41) is 8.67. The maximum Gasteiger partial charge on any atom is 0.223 e. The van der Waals surface area contributed by atoms with Crippen LogP contribution in [-0.2, 0) is 11.2 Å². The zero-order chi connectivity index (χ0) is 12.8. The van der Waals surface area contributed by atoms with Crippen molar-refractivity contribution in [3.63, 3.8) is 0 Å². The summed E-state index contributed by atoms with van der Waals surface area (Å²) in [6.07, 6.45) is 0.984. The number of hydrogen-bond acceptors (Lipinski definition) is 3. The molecule has 0 saturated heterocycles. The van der Waals surface area contributed by atoms with Gasteiger partial charge in [0.25, 0.3) is 0 Å². The van der Waals surface area contributed by atoms with Crippen LogP contribution in [0.15, 0.2) is 24.3 Å². The number of carbonyl (C=O) groups is 1. The zero-order valence-corrected chi connectivity index (χ0v) is 10.2. The predicted octanol–water partition coefficient (Wildman–Crippen LogP) is 0.906. The maximum absolute atomic E-state index is 11.4. The fraction of sp³-hybridized carbons (Fsp3) is 0.385. The van der Waals surface area contributed by atoms with E-state index < -0.39 is 0 Å². The Balaban J connectivity index is 2.53. The van der Waals surface area contributed by atoms with E-state index in [1.807, 2.05) is 12.1 Å². The van der Waals surface area contributed by atoms with Crippen LogP contribution in [0.25, 0.3) is 0 Å². The van der Waals surface area contributed by atoms with Gasteiger partial charge in [0.15, 0.2) is 0 Å². The number of benzene rings is 1. The summed E-state index contributed by atoms with van der Waals surface area (Å²) in [6.45, 7) is 0. The molecule has 1 rings (SSSR count). The highest BCUT2D eigenvalue weighted by Crippen LogP contribution is 2.07. The summed E-state index contributed by atoms with van der Waals surface area (Å²) in [4.78, 5) is 13.0. The predicted molar refractivity (Wildman–Crippen MR) is 66.1 cm³/mol. The average Bonchev–Trinajstić information content (AvgIpc) is 2.29. The molecule has 0 bridgehead atoms. The minimum atomic E-state index is -0.183. The Morgan fingerprint density at radius 1 is 1.41 bits per heavy atom. The van der Waals surface area contributed by atoms with Crippen LogP contribution < -0.4 is 5.73 Å². The smallest absolute Gasteiger partial charge is 0.223 e. The second-order valence-corrected chi connectivity index (χ2v) is 4.27. The summed E-state index contributed by atoms with van der Waals surface area (Å²) in [6, 6.07) is 9.15. The molecule has 1 aromatic rings. The number of carbonyl (C=O) groups excluding carboxylic acids is 1.